The molecule has 3 N–H and O–H groups in total. The standard InChI is InChI=1S/C15H22F2N2O4S/c1-15(2,3)8-10(9-18)13(20)19-24(21,22)12-6-4-5-11(7-12)23-14(16)17/h4-7,10,14H,8-9,18H2,1-3H3,(H,19,20). The highest BCUT2D eigenvalue weighted by atomic mass is 32.2. The second kappa shape index (κ2) is 7.89. The molecule has 6 nitrogen and oxygen atoms in total. The number of carbonyl (C=O) groups is 1. The molecule has 0 aliphatic rings. The Kier molecular flexibility index (Phi) is 6.67. The van der Waals surface area contributed by atoms with Crippen LogP contribution in [0.5, 0.6) is 5.75 Å². The van der Waals surface area contributed by atoms with Crippen LogP contribution in [0.3, 0.4) is 0 Å². The highest BCUT2D eigenvalue weighted by molar-refractivity contribution is 7.90. The number of benzene rings is 1. The monoisotopic (exact) mass is 364 g/mol. The first kappa shape index (κ1) is 20.3. The van der Waals surface area contributed by atoms with E-state index in [1.807, 2.05) is 25.5 Å². The molecule has 0 heterocycles. The van der Waals surface area contributed by atoms with E-state index in [1.54, 1.807) is 0 Å². The van der Waals surface area contributed by atoms with Crippen molar-refractivity contribution in [1.29, 1.82) is 0 Å². The summed E-state index contributed by atoms with van der Waals surface area (Å²) in [4.78, 5) is 11.8. The number of alkyl halides is 2. The third-order valence-corrected chi connectivity index (χ3v) is 4.43. The highest BCUT2D eigenvalue weighted by Gasteiger charge is 2.27. The number of halogens is 2. The number of nitrogens with one attached hydrogen (secondary N) is 1. The van der Waals surface area contributed by atoms with E-state index >= 15 is 0 Å². The van der Waals surface area contributed by atoms with Gasteiger partial charge in [0, 0.05) is 12.6 Å². The SMILES string of the molecule is CC(C)(C)CC(CN)C(=O)NS(=O)(=O)c1cccc(OC(F)F)c1. The van der Waals surface area contributed by atoms with E-state index in [1.165, 1.54) is 18.2 Å². The third-order valence-electron chi connectivity index (χ3n) is 3.09. The van der Waals surface area contributed by atoms with Crippen molar-refractivity contribution >= 4 is 15.9 Å². The molecule has 9 heteroatoms. The van der Waals surface area contributed by atoms with Crippen LogP contribution in [-0.2, 0) is 14.8 Å². The van der Waals surface area contributed by atoms with Gasteiger partial charge >= 0.3 is 6.61 Å². The molecule has 0 radical (unpaired) electrons. The smallest absolute Gasteiger partial charge is 0.387 e. The lowest BCUT2D eigenvalue weighted by atomic mass is 9.84. The molecule has 136 valence electrons. The lowest BCUT2D eigenvalue weighted by Crippen LogP contribution is -2.40. The summed E-state index contributed by atoms with van der Waals surface area (Å²) in [5, 5.41) is 0. The second-order valence-electron chi connectivity index (χ2n) is 6.52. The zero-order valence-electron chi connectivity index (χ0n) is 13.8. The molecule has 1 aromatic rings. The number of hydrogen-bond acceptors (Lipinski definition) is 5. The maximum Gasteiger partial charge on any atom is 0.387 e. The van der Waals surface area contributed by atoms with E-state index in [4.69, 9.17) is 5.73 Å². The van der Waals surface area contributed by atoms with Crippen LogP contribution >= 0.6 is 0 Å². The minimum Gasteiger partial charge on any atom is -0.435 e. The van der Waals surface area contributed by atoms with Crippen LogP contribution in [-0.4, -0.2) is 27.5 Å². The molecule has 0 aliphatic carbocycles. The van der Waals surface area contributed by atoms with E-state index in [2.05, 4.69) is 4.74 Å². The Hall–Kier alpha value is -1.74. The Labute approximate surface area is 140 Å². The molecule has 0 fully saturated rings. The number of carbonyl (C=O) groups excluding carboxylic acids is 1. The van der Waals surface area contributed by atoms with Crippen LogP contribution in [0.1, 0.15) is 27.2 Å². The van der Waals surface area contributed by atoms with Crippen molar-refractivity contribution in [2.24, 2.45) is 17.1 Å². The van der Waals surface area contributed by atoms with Gasteiger partial charge in [-0.15, -0.1) is 0 Å². The van der Waals surface area contributed by atoms with Crippen molar-refractivity contribution in [3.63, 3.8) is 0 Å². The van der Waals surface area contributed by atoms with Crippen molar-refractivity contribution < 1.29 is 26.7 Å². The molecule has 1 aromatic carbocycles. The lowest BCUT2D eigenvalue weighted by molar-refractivity contribution is -0.123. The van der Waals surface area contributed by atoms with Gasteiger partial charge in [-0.1, -0.05) is 26.8 Å². The molecule has 24 heavy (non-hydrogen) atoms. The first-order chi connectivity index (χ1) is 10.9. The van der Waals surface area contributed by atoms with Crippen molar-refractivity contribution in [2.45, 2.75) is 38.7 Å². The van der Waals surface area contributed by atoms with E-state index in [0.717, 1.165) is 6.07 Å². The van der Waals surface area contributed by atoms with Gasteiger partial charge in [0.2, 0.25) is 5.91 Å². The molecule has 0 saturated heterocycles. The van der Waals surface area contributed by atoms with Gasteiger partial charge in [-0.05, 0) is 24.0 Å². The summed E-state index contributed by atoms with van der Waals surface area (Å²) in [6.45, 7) is 2.63. The fraction of sp³-hybridized carbons (Fsp3) is 0.533. The predicted molar refractivity (Wildman–Crippen MR) is 85.0 cm³/mol. The molecule has 1 unspecified atom stereocenters. The Morgan fingerprint density at radius 2 is 1.96 bits per heavy atom. The summed E-state index contributed by atoms with van der Waals surface area (Å²) in [7, 11) is -4.21. The highest BCUT2D eigenvalue weighted by Crippen LogP contribution is 2.25. The first-order valence-electron chi connectivity index (χ1n) is 7.26. The molecule has 1 rings (SSSR count). The van der Waals surface area contributed by atoms with Crippen LogP contribution in [0, 0.1) is 11.3 Å². The summed E-state index contributed by atoms with van der Waals surface area (Å²) in [6, 6.07) is 4.53. The van der Waals surface area contributed by atoms with Crippen LogP contribution in [0.4, 0.5) is 8.78 Å². The predicted octanol–water partition coefficient (Wildman–Crippen LogP) is 2.10. The topological polar surface area (TPSA) is 98.5 Å². The molecule has 0 aromatic heterocycles. The quantitative estimate of drug-likeness (QED) is 0.772. The average molecular weight is 364 g/mol. The van der Waals surface area contributed by atoms with E-state index in [0.29, 0.717) is 6.42 Å². The first-order valence-corrected chi connectivity index (χ1v) is 8.74. The van der Waals surface area contributed by atoms with Crippen molar-refractivity contribution in [1.82, 2.24) is 4.72 Å². The summed E-state index contributed by atoms with van der Waals surface area (Å²) in [5.74, 6) is -1.72. The molecule has 1 atom stereocenters. The van der Waals surface area contributed by atoms with E-state index in [9.17, 15) is 22.0 Å². The Bertz CT molecular complexity index is 672. The summed E-state index contributed by atoms with van der Waals surface area (Å²) >= 11 is 0. The summed E-state index contributed by atoms with van der Waals surface area (Å²) in [5.41, 5.74) is 5.35. The normalized spacial score (nSPS) is 13.6. The van der Waals surface area contributed by atoms with Gasteiger partial charge < -0.3 is 10.5 Å². The van der Waals surface area contributed by atoms with Crippen molar-refractivity contribution in [3.8, 4) is 5.75 Å². The molecule has 0 spiro atoms. The number of amides is 1. The molecule has 0 saturated carbocycles. The van der Waals surface area contributed by atoms with Crippen LogP contribution < -0.4 is 15.2 Å². The minimum atomic E-state index is -4.21. The van der Waals surface area contributed by atoms with Crippen LogP contribution in [0.2, 0.25) is 0 Å². The number of sulfonamides is 1. The fourth-order valence-corrected chi connectivity index (χ4v) is 3.19. The van der Waals surface area contributed by atoms with Gasteiger partial charge in [0.1, 0.15) is 5.75 Å². The maximum atomic E-state index is 12.3. The fourth-order valence-electron chi connectivity index (χ4n) is 2.11. The maximum absolute atomic E-state index is 12.3. The Morgan fingerprint density at radius 3 is 2.46 bits per heavy atom. The van der Waals surface area contributed by atoms with Gasteiger partial charge in [-0.3, -0.25) is 4.79 Å². The zero-order valence-corrected chi connectivity index (χ0v) is 14.6. The van der Waals surface area contributed by atoms with E-state index in [-0.39, 0.29) is 22.6 Å². The van der Waals surface area contributed by atoms with Gasteiger partial charge in [-0.25, -0.2) is 13.1 Å². The molecular formula is C15H22F2N2O4S. The molecule has 0 aliphatic heterocycles. The minimum absolute atomic E-state index is 0.00679. The summed E-state index contributed by atoms with van der Waals surface area (Å²) in [6.07, 6.45) is 0.402. The van der Waals surface area contributed by atoms with Gasteiger partial charge in [-0.2, -0.15) is 8.78 Å². The number of hydrogen-bond donors (Lipinski definition) is 2. The Balaban J connectivity index is 2.94. The lowest BCUT2D eigenvalue weighted by Gasteiger charge is -2.24. The van der Waals surface area contributed by atoms with Gasteiger partial charge in [0.05, 0.1) is 10.8 Å². The third kappa shape index (κ3) is 6.40. The van der Waals surface area contributed by atoms with Crippen LogP contribution in [0.25, 0.3) is 0 Å². The zero-order chi connectivity index (χ0) is 18.5. The van der Waals surface area contributed by atoms with Crippen molar-refractivity contribution in [2.75, 3.05) is 6.54 Å². The van der Waals surface area contributed by atoms with E-state index < -0.39 is 28.5 Å². The molecule has 1 amide bonds. The van der Waals surface area contributed by atoms with Crippen LogP contribution in [0.15, 0.2) is 29.2 Å². The number of rotatable bonds is 7. The molecule has 0 bridgehead atoms. The largest absolute Gasteiger partial charge is 0.435 e. The molecular weight excluding hydrogens is 342 g/mol. The number of nitrogens with two attached hydrogens (primary N) is 1. The number of ether oxygens (including phenoxy) is 1. The van der Waals surface area contributed by atoms with Gasteiger partial charge in [0.25, 0.3) is 10.0 Å². The average Bonchev–Trinajstić information content (AvgIpc) is 2.42. The Morgan fingerprint density at radius 1 is 1.33 bits per heavy atom. The van der Waals surface area contributed by atoms with Crippen molar-refractivity contribution in [3.05, 3.63) is 24.3 Å². The summed E-state index contributed by atoms with van der Waals surface area (Å²) < 4.78 is 55.0. The second-order valence-corrected chi connectivity index (χ2v) is 8.20. The van der Waals surface area contributed by atoms with Gasteiger partial charge in [0.15, 0.2) is 0 Å².